The zero-order chi connectivity index (χ0) is 16.0. The summed E-state index contributed by atoms with van der Waals surface area (Å²) in [6.07, 6.45) is 5.57. The number of aryl methyl sites for hydroxylation is 2. The van der Waals surface area contributed by atoms with Gasteiger partial charge >= 0.3 is 0 Å². The number of nitrogens with one attached hydrogen (secondary N) is 1. The molecule has 2 saturated heterocycles. The number of nitrogens with zero attached hydrogens (tertiary/aromatic N) is 1. The van der Waals surface area contributed by atoms with E-state index in [9.17, 15) is 4.79 Å². The Morgan fingerprint density at radius 1 is 1.21 bits per heavy atom. The molecule has 4 nitrogen and oxygen atoms in total. The molecule has 1 aromatic carbocycles. The first-order chi connectivity index (χ1) is 11.1. The van der Waals surface area contributed by atoms with Gasteiger partial charge in [-0.05, 0) is 62.9 Å². The van der Waals surface area contributed by atoms with Gasteiger partial charge in [0.1, 0.15) is 5.58 Å². The summed E-state index contributed by atoms with van der Waals surface area (Å²) < 4.78 is 5.68. The van der Waals surface area contributed by atoms with E-state index in [0.717, 1.165) is 48.9 Å². The molecule has 5 heteroatoms. The van der Waals surface area contributed by atoms with Crippen molar-refractivity contribution in [1.82, 2.24) is 10.2 Å². The van der Waals surface area contributed by atoms with Crippen LogP contribution in [0.2, 0.25) is 0 Å². The number of hydrogen-bond acceptors (Lipinski definition) is 3. The number of furan rings is 1. The fraction of sp³-hybridized carbons (Fsp3) is 0.526. The van der Waals surface area contributed by atoms with Gasteiger partial charge in [-0.25, -0.2) is 0 Å². The predicted molar refractivity (Wildman–Crippen MR) is 97.8 cm³/mol. The molecule has 1 amide bonds. The first-order valence-electron chi connectivity index (χ1n) is 8.62. The number of amides is 1. The fourth-order valence-corrected chi connectivity index (χ4v) is 4.12. The highest BCUT2D eigenvalue weighted by molar-refractivity contribution is 5.89. The second-order valence-electron chi connectivity index (χ2n) is 7.05. The van der Waals surface area contributed by atoms with Crippen molar-refractivity contribution < 1.29 is 9.21 Å². The minimum absolute atomic E-state index is 0. The molecule has 2 aromatic rings. The Bertz CT molecular complexity index is 741. The second-order valence-corrected chi connectivity index (χ2v) is 7.05. The predicted octanol–water partition coefficient (Wildman–Crippen LogP) is 3.37. The van der Waals surface area contributed by atoms with Crippen molar-refractivity contribution in [1.29, 1.82) is 0 Å². The molecule has 0 aliphatic carbocycles. The Hall–Kier alpha value is -1.52. The molecule has 1 N–H and O–H groups in total. The highest BCUT2D eigenvalue weighted by atomic mass is 35.5. The van der Waals surface area contributed by atoms with Gasteiger partial charge in [-0.1, -0.05) is 0 Å². The van der Waals surface area contributed by atoms with E-state index >= 15 is 0 Å². The van der Waals surface area contributed by atoms with Gasteiger partial charge in [0.2, 0.25) is 5.91 Å². The Balaban J connectivity index is 0.00000169. The van der Waals surface area contributed by atoms with Gasteiger partial charge in [0.15, 0.2) is 0 Å². The van der Waals surface area contributed by atoms with E-state index in [2.05, 4.69) is 36.2 Å². The van der Waals surface area contributed by atoms with Crippen molar-refractivity contribution in [3.63, 3.8) is 0 Å². The Kier molecular flexibility index (Phi) is 4.88. The molecule has 0 spiro atoms. The summed E-state index contributed by atoms with van der Waals surface area (Å²) in [5, 5.41) is 4.54. The quantitative estimate of drug-likeness (QED) is 0.905. The van der Waals surface area contributed by atoms with Crippen LogP contribution in [0.5, 0.6) is 0 Å². The highest BCUT2D eigenvalue weighted by Gasteiger charge is 2.37. The third kappa shape index (κ3) is 2.93. The molecular weight excluding hydrogens is 324 g/mol. The third-order valence-corrected chi connectivity index (χ3v) is 5.55. The first-order valence-corrected chi connectivity index (χ1v) is 8.62. The summed E-state index contributed by atoms with van der Waals surface area (Å²) in [7, 11) is 0. The van der Waals surface area contributed by atoms with Crippen molar-refractivity contribution in [2.45, 2.75) is 51.6 Å². The molecule has 2 fully saturated rings. The molecule has 130 valence electrons. The Labute approximate surface area is 149 Å². The number of carbonyl (C=O) groups excluding carboxylic acids is 1. The molecule has 4 rings (SSSR count). The monoisotopic (exact) mass is 348 g/mol. The minimum Gasteiger partial charge on any atom is -0.464 e. The van der Waals surface area contributed by atoms with Crippen LogP contribution in [0.25, 0.3) is 11.0 Å². The number of hydrogen-bond donors (Lipinski definition) is 1. The van der Waals surface area contributed by atoms with Crippen molar-refractivity contribution in [3.8, 4) is 0 Å². The summed E-state index contributed by atoms with van der Waals surface area (Å²) in [6.45, 7) is 6.16. The zero-order valence-corrected chi connectivity index (χ0v) is 15.1. The molecule has 3 heterocycles. The van der Waals surface area contributed by atoms with E-state index in [4.69, 9.17) is 4.42 Å². The summed E-state index contributed by atoms with van der Waals surface area (Å²) in [5.74, 6) is 0.252. The van der Waals surface area contributed by atoms with Gasteiger partial charge < -0.3 is 14.6 Å². The summed E-state index contributed by atoms with van der Waals surface area (Å²) >= 11 is 0. The smallest absolute Gasteiger partial charge is 0.227 e. The molecular formula is C19H25ClN2O2. The number of rotatable bonds is 2. The fourth-order valence-electron chi connectivity index (χ4n) is 4.12. The average molecular weight is 349 g/mol. The standard InChI is InChI=1S/C19H24N2O2.ClH/c1-12-7-17-14(11-23-18(17)8-13(12)2)9-19(22)21-15-3-4-16(21)10-20-6-5-15;/h7-8,11,15-16,20H,3-6,9-10H2,1-2H3;1H. The zero-order valence-electron chi connectivity index (χ0n) is 14.3. The summed E-state index contributed by atoms with van der Waals surface area (Å²) in [6, 6.07) is 5.01. The lowest BCUT2D eigenvalue weighted by Gasteiger charge is -2.27. The molecule has 1 aromatic heterocycles. The number of halogens is 1. The Morgan fingerprint density at radius 2 is 1.96 bits per heavy atom. The van der Waals surface area contributed by atoms with Crippen LogP contribution in [0, 0.1) is 13.8 Å². The van der Waals surface area contributed by atoms with Crippen molar-refractivity contribution >= 4 is 29.3 Å². The maximum atomic E-state index is 12.9. The van der Waals surface area contributed by atoms with Crippen LogP contribution in [0.1, 0.15) is 36.0 Å². The lowest BCUT2D eigenvalue weighted by Crippen LogP contribution is -2.43. The highest BCUT2D eigenvalue weighted by Crippen LogP contribution is 2.30. The topological polar surface area (TPSA) is 45.5 Å². The Morgan fingerprint density at radius 3 is 2.79 bits per heavy atom. The van der Waals surface area contributed by atoms with Crippen LogP contribution in [0.4, 0.5) is 0 Å². The molecule has 0 saturated carbocycles. The van der Waals surface area contributed by atoms with Gasteiger partial charge in [0, 0.05) is 29.6 Å². The van der Waals surface area contributed by atoms with Gasteiger partial charge in [-0.15, -0.1) is 12.4 Å². The maximum Gasteiger partial charge on any atom is 0.227 e. The summed E-state index contributed by atoms with van der Waals surface area (Å²) in [4.78, 5) is 15.1. The normalized spacial score (nSPS) is 23.2. The molecule has 0 radical (unpaired) electrons. The minimum atomic E-state index is 0. The van der Waals surface area contributed by atoms with Gasteiger partial charge in [0.25, 0.3) is 0 Å². The number of carbonyl (C=O) groups is 1. The van der Waals surface area contributed by atoms with Crippen LogP contribution in [-0.2, 0) is 11.2 Å². The molecule has 2 bridgehead atoms. The first kappa shape index (κ1) is 17.3. The van der Waals surface area contributed by atoms with Crippen molar-refractivity contribution in [2.24, 2.45) is 0 Å². The van der Waals surface area contributed by atoms with E-state index in [1.54, 1.807) is 6.26 Å². The molecule has 2 unspecified atom stereocenters. The van der Waals surface area contributed by atoms with E-state index in [1.807, 2.05) is 0 Å². The molecule has 24 heavy (non-hydrogen) atoms. The van der Waals surface area contributed by atoms with E-state index in [0.29, 0.717) is 18.5 Å². The van der Waals surface area contributed by atoms with Gasteiger partial charge in [-0.2, -0.15) is 0 Å². The lowest BCUT2D eigenvalue weighted by molar-refractivity contribution is -0.133. The number of benzene rings is 1. The van der Waals surface area contributed by atoms with E-state index in [-0.39, 0.29) is 18.3 Å². The largest absolute Gasteiger partial charge is 0.464 e. The molecule has 2 aliphatic heterocycles. The lowest BCUT2D eigenvalue weighted by atomic mass is 10.0. The van der Waals surface area contributed by atoms with Gasteiger partial charge in [0.05, 0.1) is 12.7 Å². The van der Waals surface area contributed by atoms with Crippen LogP contribution >= 0.6 is 12.4 Å². The maximum absolute atomic E-state index is 12.9. The van der Waals surface area contributed by atoms with E-state index < -0.39 is 0 Å². The SMILES string of the molecule is Cc1cc2occ(CC(=O)N3C4CCNCC3CC4)c2cc1C.Cl. The third-order valence-electron chi connectivity index (χ3n) is 5.55. The van der Waals surface area contributed by atoms with E-state index in [1.165, 1.54) is 11.1 Å². The average Bonchev–Trinajstić information content (AvgIpc) is 3.00. The summed E-state index contributed by atoms with van der Waals surface area (Å²) in [5.41, 5.74) is 4.37. The van der Waals surface area contributed by atoms with Crippen LogP contribution in [-0.4, -0.2) is 36.0 Å². The van der Waals surface area contributed by atoms with Crippen molar-refractivity contribution in [2.75, 3.05) is 13.1 Å². The van der Waals surface area contributed by atoms with Crippen molar-refractivity contribution in [3.05, 3.63) is 35.1 Å². The second kappa shape index (κ2) is 6.77. The molecule has 2 atom stereocenters. The van der Waals surface area contributed by atoms with Gasteiger partial charge in [-0.3, -0.25) is 4.79 Å². The van der Waals surface area contributed by atoms with Crippen LogP contribution < -0.4 is 5.32 Å². The van der Waals surface area contributed by atoms with Crippen LogP contribution in [0.15, 0.2) is 22.8 Å². The molecule has 2 aliphatic rings. The number of fused-ring (bicyclic) bond motifs is 3. The van der Waals surface area contributed by atoms with Crippen LogP contribution in [0.3, 0.4) is 0 Å².